The van der Waals surface area contributed by atoms with Crippen LogP contribution in [-0.2, 0) is 0 Å². The number of nitrogens with zero attached hydrogens (tertiary/aromatic N) is 4. The quantitative estimate of drug-likeness (QED) is 0.564. The van der Waals surface area contributed by atoms with Crippen LogP contribution in [0.5, 0.6) is 0 Å². The molecule has 2 heterocycles. The minimum absolute atomic E-state index is 0.0487. The van der Waals surface area contributed by atoms with E-state index in [1.165, 1.54) is 12.1 Å². The van der Waals surface area contributed by atoms with Gasteiger partial charge in [0.15, 0.2) is 0 Å². The van der Waals surface area contributed by atoms with E-state index in [9.17, 15) is 14.9 Å². The molecule has 1 aliphatic rings. The highest BCUT2D eigenvalue weighted by Crippen LogP contribution is 2.37. The molecule has 1 saturated heterocycles. The van der Waals surface area contributed by atoms with E-state index in [2.05, 4.69) is 17.1 Å². The van der Waals surface area contributed by atoms with Crippen LogP contribution in [-0.4, -0.2) is 18.1 Å². The Labute approximate surface area is 195 Å². The summed E-state index contributed by atoms with van der Waals surface area (Å²) in [6.45, 7) is 7.41. The molecule has 1 aliphatic heterocycles. The predicted octanol–water partition coefficient (Wildman–Crippen LogP) is 6.13. The number of anilines is 2. The molecule has 2 N–H and O–H groups in total. The summed E-state index contributed by atoms with van der Waals surface area (Å²) in [5.41, 5.74) is 9.89. The van der Waals surface area contributed by atoms with Crippen LogP contribution >= 0.6 is 0 Å². The van der Waals surface area contributed by atoms with Crippen LogP contribution in [0.2, 0.25) is 0 Å². The summed E-state index contributed by atoms with van der Waals surface area (Å²) in [5.74, 6) is 0.0527. The maximum absolute atomic E-state index is 14.8. The Kier molecular flexibility index (Phi) is 7.64. The Morgan fingerprint density at radius 1 is 1.09 bits per heavy atom. The largest absolute Gasteiger partial charge is 0.383 e. The number of rotatable bonds is 5. The number of benzene rings is 1. The number of halogens is 1. The Balaban J connectivity index is 2.23. The summed E-state index contributed by atoms with van der Waals surface area (Å²) < 4.78 is 14.8. The first-order valence-corrected chi connectivity index (χ1v) is 11.1. The van der Waals surface area contributed by atoms with E-state index in [1.807, 2.05) is 50.0 Å². The summed E-state index contributed by atoms with van der Waals surface area (Å²) in [6.07, 6.45) is 10.8. The number of nitrogens with two attached hydrogens (primary N) is 1. The van der Waals surface area contributed by atoms with Crippen molar-refractivity contribution in [3.05, 3.63) is 70.6 Å². The van der Waals surface area contributed by atoms with Crippen LogP contribution in [0, 0.1) is 28.5 Å². The van der Waals surface area contributed by atoms with Crippen LogP contribution in [0.3, 0.4) is 0 Å². The van der Waals surface area contributed by atoms with Crippen LogP contribution in [0.15, 0.2) is 48.1 Å². The molecule has 0 radical (unpaired) electrons. The first-order valence-electron chi connectivity index (χ1n) is 11.1. The van der Waals surface area contributed by atoms with E-state index in [1.54, 1.807) is 6.07 Å². The molecule has 0 spiro atoms. The summed E-state index contributed by atoms with van der Waals surface area (Å²) >= 11 is 0. The molecule has 168 valence electrons. The van der Waals surface area contributed by atoms with E-state index in [4.69, 9.17) is 5.73 Å². The smallest absolute Gasteiger partial charge is 0.149 e. The molecule has 0 saturated carbocycles. The van der Waals surface area contributed by atoms with Crippen LogP contribution in [0.1, 0.15) is 56.7 Å². The van der Waals surface area contributed by atoms with Gasteiger partial charge in [-0.1, -0.05) is 29.9 Å². The molecule has 0 atom stereocenters. The van der Waals surface area contributed by atoms with Crippen molar-refractivity contribution in [2.24, 2.45) is 0 Å². The number of hydrogen-bond donors (Lipinski definition) is 1. The molecular formula is C27H28FN5. The minimum Gasteiger partial charge on any atom is -0.383 e. The van der Waals surface area contributed by atoms with Crippen molar-refractivity contribution in [2.45, 2.75) is 40.0 Å². The number of nitriles is 2. The van der Waals surface area contributed by atoms with Crippen molar-refractivity contribution in [1.29, 1.82) is 10.5 Å². The number of piperidine rings is 1. The highest BCUT2D eigenvalue weighted by atomic mass is 19.1. The summed E-state index contributed by atoms with van der Waals surface area (Å²) in [4.78, 5) is 6.44. The highest BCUT2D eigenvalue weighted by molar-refractivity contribution is 5.87. The van der Waals surface area contributed by atoms with Crippen molar-refractivity contribution in [3.63, 3.8) is 0 Å². The zero-order valence-corrected chi connectivity index (χ0v) is 19.3. The Morgan fingerprint density at radius 2 is 1.79 bits per heavy atom. The second-order valence-electron chi connectivity index (χ2n) is 8.29. The van der Waals surface area contributed by atoms with Gasteiger partial charge in [0, 0.05) is 18.7 Å². The van der Waals surface area contributed by atoms with Gasteiger partial charge in [-0.2, -0.15) is 10.5 Å². The first kappa shape index (κ1) is 23.8. The van der Waals surface area contributed by atoms with Crippen molar-refractivity contribution in [3.8, 4) is 23.3 Å². The van der Waals surface area contributed by atoms with E-state index in [0.717, 1.165) is 43.5 Å². The average molecular weight is 442 g/mol. The van der Waals surface area contributed by atoms with Gasteiger partial charge in [0.2, 0.25) is 0 Å². The lowest BCUT2D eigenvalue weighted by Crippen LogP contribution is -2.31. The van der Waals surface area contributed by atoms with Gasteiger partial charge < -0.3 is 10.6 Å². The van der Waals surface area contributed by atoms with E-state index in [0.29, 0.717) is 22.5 Å². The van der Waals surface area contributed by atoms with Crippen molar-refractivity contribution < 1.29 is 4.39 Å². The minimum atomic E-state index is -0.458. The number of hydrogen-bond acceptors (Lipinski definition) is 5. The first-order chi connectivity index (χ1) is 15.9. The monoisotopic (exact) mass is 441 g/mol. The summed E-state index contributed by atoms with van der Waals surface area (Å²) in [7, 11) is 0. The molecule has 5 nitrogen and oxygen atoms in total. The number of aromatic nitrogens is 1. The van der Waals surface area contributed by atoms with Crippen molar-refractivity contribution in [1.82, 2.24) is 4.98 Å². The molecule has 0 amide bonds. The van der Waals surface area contributed by atoms with Crippen molar-refractivity contribution in [2.75, 3.05) is 23.7 Å². The fourth-order valence-electron chi connectivity index (χ4n) is 4.04. The summed E-state index contributed by atoms with van der Waals surface area (Å²) in [6, 6.07) is 8.88. The molecule has 33 heavy (non-hydrogen) atoms. The average Bonchev–Trinajstić information content (AvgIpc) is 2.81. The molecule has 3 rings (SSSR count). The normalized spacial score (nSPS) is 14.1. The maximum Gasteiger partial charge on any atom is 0.149 e. The maximum atomic E-state index is 14.8. The van der Waals surface area contributed by atoms with Gasteiger partial charge in [-0.3, -0.25) is 0 Å². The van der Waals surface area contributed by atoms with Gasteiger partial charge in [0.05, 0.1) is 0 Å². The third kappa shape index (κ3) is 5.30. The molecule has 1 aromatic carbocycles. The zero-order chi connectivity index (χ0) is 24.0. The summed E-state index contributed by atoms with van der Waals surface area (Å²) in [5, 5.41) is 19.9. The SMILES string of the molecule is C/C=C(\C=C/C=C(C)C)c1cc(F)cc(-c2c(C#N)c(N)nc(N3CCCCC3)c2C#N)c1. The molecule has 2 aromatic rings. The van der Waals surface area contributed by atoms with Gasteiger partial charge >= 0.3 is 0 Å². The Bertz CT molecular complexity index is 1210. The van der Waals surface area contributed by atoms with E-state index >= 15 is 0 Å². The lowest BCUT2D eigenvalue weighted by Gasteiger charge is -2.29. The predicted molar refractivity (Wildman–Crippen MR) is 132 cm³/mol. The number of allylic oxidation sites excluding steroid dienone is 6. The zero-order valence-electron chi connectivity index (χ0n) is 19.3. The fraction of sp³-hybridized carbons (Fsp3) is 0.296. The van der Waals surface area contributed by atoms with E-state index < -0.39 is 5.82 Å². The standard InChI is InChI=1S/C27H28FN5/c1-4-19(10-8-9-18(2)3)20-13-21(15-22(28)14-20)25-23(16-29)26(31)32-27(24(25)17-30)33-11-6-5-7-12-33/h4,8-10,13-15H,5-7,11-12H2,1-3H3,(H2,31,32)/b10-8-,19-4+. The molecule has 6 heteroatoms. The third-order valence-corrected chi connectivity index (χ3v) is 5.62. The van der Waals surface area contributed by atoms with Gasteiger partial charge in [0.1, 0.15) is 40.7 Å². The highest BCUT2D eigenvalue weighted by Gasteiger charge is 2.25. The fourth-order valence-corrected chi connectivity index (χ4v) is 4.04. The molecular weight excluding hydrogens is 413 g/mol. The Hall–Kier alpha value is -3.90. The van der Waals surface area contributed by atoms with Gasteiger partial charge in [0.25, 0.3) is 0 Å². The Morgan fingerprint density at radius 3 is 2.39 bits per heavy atom. The second-order valence-corrected chi connectivity index (χ2v) is 8.29. The van der Waals surface area contributed by atoms with E-state index in [-0.39, 0.29) is 16.9 Å². The molecule has 1 aromatic heterocycles. The molecule has 1 fully saturated rings. The third-order valence-electron chi connectivity index (χ3n) is 5.62. The van der Waals surface area contributed by atoms with Crippen LogP contribution < -0.4 is 10.6 Å². The van der Waals surface area contributed by atoms with Gasteiger partial charge in [-0.05, 0) is 74.9 Å². The van der Waals surface area contributed by atoms with Gasteiger partial charge in [-0.25, -0.2) is 9.37 Å². The molecule has 0 bridgehead atoms. The lowest BCUT2D eigenvalue weighted by atomic mass is 9.92. The van der Waals surface area contributed by atoms with Crippen LogP contribution in [0.4, 0.5) is 16.0 Å². The second kappa shape index (κ2) is 10.6. The number of nitrogen functional groups attached to an aromatic ring is 1. The number of pyridine rings is 1. The topological polar surface area (TPSA) is 89.7 Å². The van der Waals surface area contributed by atoms with Crippen molar-refractivity contribution >= 4 is 17.2 Å². The molecule has 0 aliphatic carbocycles. The van der Waals surface area contributed by atoms with Gasteiger partial charge in [-0.15, -0.1) is 0 Å². The lowest BCUT2D eigenvalue weighted by molar-refractivity contribution is 0.573. The molecule has 0 unspecified atom stereocenters. The van der Waals surface area contributed by atoms with Crippen LogP contribution in [0.25, 0.3) is 16.7 Å².